The van der Waals surface area contributed by atoms with Gasteiger partial charge in [-0.15, -0.1) is 10.2 Å². The Hall–Kier alpha value is -0.680. The van der Waals surface area contributed by atoms with Gasteiger partial charge in [-0.25, -0.2) is 0 Å². The lowest BCUT2D eigenvalue weighted by atomic mass is 10.3. The van der Waals surface area contributed by atoms with Gasteiger partial charge in [-0.2, -0.15) is 0 Å². The molecule has 1 saturated heterocycles. The van der Waals surface area contributed by atoms with E-state index in [2.05, 4.69) is 20.8 Å². The topological polar surface area (TPSA) is 49.8 Å². The van der Waals surface area contributed by atoms with Gasteiger partial charge in [-0.05, 0) is 19.9 Å². The zero-order valence-electron chi connectivity index (χ0n) is 7.00. The van der Waals surface area contributed by atoms with Crippen LogP contribution in [0.25, 0.3) is 0 Å². The highest BCUT2D eigenvalue weighted by molar-refractivity contribution is 7.15. The van der Waals surface area contributed by atoms with Crippen molar-refractivity contribution in [2.24, 2.45) is 0 Å². The number of rotatable bonds is 2. The van der Waals surface area contributed by atoms with Gasteiger partial charge < -0.3 is 10.6 Å². The first-order valence-corrected chi connectivity index (χ1v) is 4.93. The number of nitrogens with zero attached hydrogens (tertiary/aromatic N) is 2. The van der Waals surface area contributed by atoms with Crippen LogP contribution in [0.4, 0.5) is 5.13 Å². The molecule has 4 nitrogen and oxygen atoms in total. The molecule has 2 rings (SSSR count). The number of hydrogen-bond acceptors (Lipinski definition) is 5. The molecule has 0 amide bonds. The van der Waals surface area contributed by atoms with Crippen LogP contribution < -0.4 is 10.6 Å². The lowest BCUT2D eigenvalue weighted by molar-refractivity contribution is 0.788. The van der Waals surface area contributed by atoms with E-state index in [1.54, 1.807) is 11.3 Å². The van der Waals surface area contributed by atoms with E-state index in [1.807, 2.05) is 6.92 Å². The molecule has 1 fully saturated rings. The number of nitrogens with one attached hydrogen (secondary N) is 2. The molecule has 1 aliphatic heterocycles. The van der Waals surface area contributed by atoms with Crippen molar-refractivity contribution in [3.05, 3.63) is 5.01 Å². The summed E-state index contributed by atoms with van der Waals surface area (Å²) in [6.45, 7) is 4.11. The molecular formula is C7H12N4S. The van der Waals surface area contributed by atoms with Gasteiger partial charge in [0.25, 0.3) is 0 Å². The molecule has 2 heterocycles. The van der Waals surface area contributed by atoms with Gasteiger partial charge in [0.1, 0.15) is 5.01 Å². The van der Waals surface area contributed by atoms with Crippen molar-refractivity contribution in [1.29, 1.82) is 0 Å². The summed E-state index contributed by atoms with van der Waals surface area (Å²) in [6, 6.07) is 0.539. The van der Waals surface area contributed by atoms with Crippen molar-refractivity contribution in [2.75, 3.05) is 18.4 Å². The van der Waals surface area contributed by atoms with E-state index in [4.69, 9.17) is 0 Å². The first kappa shape index (κ1) is 7.94. The third-order valence-electron chi connectivity index (χ3n) is 1.91. The number of aromatic nitrogens is 2. The lowest BCUT2D eigenvalue weighted by Gasteiger charge is -2.07. The number of hydrogen-bond donors (Lipinski definition) is 2. The summed E-state index contributed by atoms with van der Waals surface area (Å²) in [5.74, 6) is 0. The van der Waals surface area contributed by atoms with E-state index >= 15 is 0 Å². The van der Waals surface area contributed by atoms with Crippen molar-refractivity contribution in [1.82, 2.24) is 15.5 Å². The van der Waals surface area contributed by atoms with E-state index < -0.39 is 0 Å². The molecule has 1 aliphatic rings. The SMILES string of the molecule is Cc1nnc(NC2CCNC2)s1. The van der Waals surface area contributed by atoms with Crippen LogP contribution in [-0.2, 0) is 0 Å². The standard InChI is InChI=1S/C7H12N4S/c1-5-10-11-7(12-5)9-6-2-3-8-4-6/h6,8H,2-4H2,1H3,(H,9,11). The van der Waals surface area contributed by atoms with Crippen LogP contribution in [0.15, 0.2) is 0 Å². The summed E-state index contributed by atoms with van der Waals surface area (Å²) in [7, 11) is 0. The Morgan fingerprint density at radius 2 is 2.50 bits per heavy atom. The van der Waals surface area contributed by atoms with E-state index in [1.165, 1.54) is 6.42 Å². The minimum absolute atomic E-state index is 0.539. The van der Waals surface area contributed by atoms with Crippen molar-refractivity contribution >= 4 is 16.5 Å². The molecule has 66 valence electrons. The van der Waals surface area contributed by atoms with Gasteiger partial charge in [-0.1, -0.05) is 11.3 Å². The van der Waals surface area contributed by atoms with Crippen LogP contribution in [0.2, 0.25) is 0 Å². The molecule has 1 aromatic rings. The molecule has 0 radical (unpaired) electrons. The fourth-order valence-electron chi connectivity index (χ4n) is 1.31. The molecule has 0 bridgehead atoms. The molecule has 0 spiro atoms. The van der Waals surface area contributed by atoms with E-state index in [-0.39, 0.29) is 0 Å². The molecule has 5 heteroatoms. The van der Waals surface area contributed by atoms with Crippen LogP contribution in [0, 0.1) is 6.92 Å². The second-order valence-corrected chi connectivity index (χ2v) is 4.14. The van der Waals surface area contributed by atoms with Crippen molar-refractivity contribution in [2.45, 2.75) is 19.4 Å². The highest BCUT2D eigenvalue weighted by atomic mass is 32.1. The highest BCUT2D eigenvalue weighted by Gasteiger charge is 2.14. The van der Waals surface area contributed by atoms with Crippen LogP contribution >= 0.6 is 11.3 Å². The van der Waals surface area contributed by atoms with E-state index in [9.17, 15) is 0 Å². The van der Waals surface area contributed by atoms with E-state index in [0.29, 0.717) is 6.04 Å². The zero-order valence-corrected chi connectivity index (χ0v) is 7.82. The molecule has 1 unspecified atom stereocenters. The van der Waals surface area contributed by atoms with Gasteiger partial charge >= 0.3 is 0 Å². The van der Waals surface area contributed by atoms with Crippen LogP contribution in [0.1, 0.15) is 11.4 Å². The Kier molecular flexibility index (Phi) is 2.23. The maximum atomic E-state index is 4.01. The molecule has 1 aromatic heterocycles. The van der Waals surface area contributed by atoms with Gasteiger partial charge in [0.15, 0.2) is 0 Å². The Labute approximate surface area is 75.4 Å². The molecular weight excluding hydrogens is 172 g/mol. The molecule has 1 atom stereocenters. The van der Waals surface area contributed by atoms with Gasteiger partial charge in [0.2, 0.25) is 5.13 Å². The smallest absolute Gasteiger partial charge is 0.205 e. The average Bonchev–Trinajstić information content (AvgIpc) is 2.63. The third kappa shape index (κ3) is 1.73. The average molecular weight is 184 g/mol. The van der Waals surface area contributed by atoms with E-state index in [0.717, 1.165) is 23.2 Å². The predicted molar refractivity (Wildman–Crippen MR) is 49.5 cm³/mol. The minimum Gasteiger partial charge on any atom is -0.356 e. The molecule has 0 aromatic carbocycles. The van der Waals surface area contributed by atoms with Crippen LogP contribution in [0.5, 0.6) is 0 Å². The van der Waals surface area contributed by atoms with Crippen molar-refractivity contribution in [3.63, 3.8) is 0 Å². The Morgan fingerprint density at radius 1 is 1.58 bits per heavy atom. The summed E-state index contributed by atoms with van der Waals surface area (Å²) in [6.07, 6.45) is 1.18. The summed E-state index contributed by atoms with van der Waals surface area (Å²) in [5, 5.41) is 16.6. The summed E-state index contributed by atoms with van der Waals surface area (Å²) in [5.41, 5.74) is 0. The maximum absolute atomic E-state index is 4.01. The van der Waals surface area contributed by atoms with Crippen molar-refractivity contribution < 1.29 is 0 Å². The second-order valence-electron chi connectivity index (χ2n) is 2.96. The Balaban J connectivity index is 1.94. The summed E-state index contributed by atoms with van der Waals surface area (Å²) in [4.78, 5) is 0. The minimum atomic E-state index is 0.539. The quantitative estimate of drug-likeness (QED) is 0.707. The summed E-state index contributed by atoms with van der Waals surface area (Å²) >= 11 is 1.61. The van der Waals surface area contributed by atoms with Gasteiger partial charge in [0.05, 0.1) is 0 Å². The normalized spacial score (nSPS) is 22.9. The zero-order chi connectivity index (χ0) is 8.39. The monoisotopic (exact) mass is 184 g/mol. The van der Waals surface area contributed by atoms with Crippen LogP contribution in [0.3, 0.4) is 0 Å². The van der Waals surface area contributed by atoms with Crippen molar-refractivity contribution in [3.8, 4) is 0 Å². The first-order chi connectivity index (χ1) is 5.84. The largest absolute Gasteiger partial charge is 0.356 e. The van der Waals surface area contributed by atoms with Gasteiger partial charge in [0, 0.05) is 12.6 Å². The predicted octanol–water partition coefficient (Wildman–Crippen LogP) is 0.620. The summed E-state index contributed by atoms with van der Waals surface area (Å²) < 4.78 is 0. The maximum Gasteiger partial charge on any atom is 0.205 e. The Bertz CT molecular complexity index is 254. The van der Waals surface area contributed by atoms with Crippen LogP contribution in [-0.4, -0.2) is 29.3 Å². The third-order valence-corrected chi connectivity index (χ3v) is 2.68. The fourth-order valence-corrected chi connectivity index (χ4v) is 1.98. The highest BCUT2D eigenvalue weighted by Crippen LogP contribution is 2.16. The Morgan fingerprint density at radius 3 is 3.08 bits per heavy atom. The second kappa shape index (κ2) is 3.37. The lowest BCUT2D eigenvalue weighted by Crippen LogP contribution is -2.21. The van der Waals surface area contributed by atoms with Gasteiger partial charge in [-0.3, -0.25) is 0 Å². The number of anilines is 1. The first-order valence-electron chi connectivity index (χ1n) is 4.12. The molecule has 12 heavy (non-hydrogen) atoms. The fraction of sp³-hybridized carbons (Fsp3) is 0.714. The molecule has 0 aliphatic carbocycles. The number of aryl methyl sites for hydroxylation is 1. The molecule has 0 saturated carbocycles. The molecule has 2 N–H and O–H groups in total.